The summed E-state index contributed by atoms with van der Waals surface area (Å²) in [4.78, 5) is 0. The summed E-state index contributed by atoms with van der Waals surface area (Å²) in [6.45, 7) is 7.04. The van der Waals surface area contributed by atoms with Crippen LogP contribution >= 0.6 is 0 Å². The van der Waals surface area contributed by atoms with Gasteiger partial charge in [0, 0.05) is 13.2 Å². The van der Waals surface area contributed by atoms with E-state index in [0.29, 0.717) is 0 Å². The molecule has 0 saturated carbocycles. The molecule has 0 aromatic carbocycles. The summed E-state index contributed by atoms with van der Waals surface area (Å²) in [7, 11) is -3.66. The van der Waals surface area contributed by atoms with Gasteiger partial charge >= 0.3 is 29.6 Å². The predicted octanol–water partition coefficient (Wildman–Crippen LogP) is 0.288. The van der Waals surface area contributed by atoms with E-state index in [-0.39, 0.29) is 35.3 Å². The third-order valence-corrected chi connectivity index (χ3v) is 1.50. The maximum absolute atomic E-state index is 9.56. The zero-order valence-corrected chi connectivity index (χ0v) is 8.02. The monoisotopic (exact) mass is 208 g/mol. The molecule has 0 unspecified atom stereocenters. The molecule has 12 heavy (non-hydrogen) atoms. The molecule has 0 amide bonds. The molecule has 0 aliphatic heterocycles. The first-order valence-electron chi connectivity index (χ1n) is 3.50. The Morgan fingerprint density at radius 2 is 1.42 bits per heavy atom. The van der Waals surface area contributed by atoms with E-state index < -0.39 is 10.1 Å². The van der Waals surface area contributed by atoms with Crippen molar-refractivity contribution in [2.24, 2.45) is 0 Å². The Morgan fingerprint density at radius 1 is 1.17 bits per heavy atom. The van der Waals surface area contributed by atoms with Gasteiger partial charge in [-0.15, -0.1) is 0 Å². The van der Waals surface area contributed by atoms with E-state index in [4.69, 9.17) is 9.29 Å². The zero-order valence-electron chi connectivity index (χ0n) is 7.20. The molecule has 0 atom stereocenters. The van der Waals surface area contributed by atoms with Gasteiger partial charge in [0.15, 0.2) is 0 Å². The van der Waals surface area contributed by atoms with Crippen molar-refractivity contribution in [3.8, 4) is 0 Å². The minimum absolute atomic E-state index is 0. The van der Waals surface area contributed by atoms with Crippen molar-refractivity contribution >= 4 is 39.7 Å². The molecule has 0 aromatic heterocycles. The summed E-state index contributed by atoms with van der Waals surface area (Å²) in [5.74, 6) is -0.201. The number of ether oxygens (including phenoxy) is 1. The molecule has 0 heterocycles. The van der Waals surface area contributed by atoms with Gasteiger partial charge in [-0.2, -0.15) is 8.42 Å². The van der Waals surface area contributed by atoms with Crippen molar-refractivity contribution in [2.75, 3.05) is 19.0 Å². The molecular formula is C6H17NaO4S. The van der Waals surface area contributed by atoms with Crippen molar-refractivity contribution in [2.45, 2.75) is 20.8 Å². The van der Waals surface area contributed by atoms with Crippen LogP contribution in [0.2, 0.25) is 0 Å². The van der Waals surface area contributed by atoms with E-state index >= 15 is 0 Å². The molecule has 0 bridgehead atoms. The van der Waals surface area contributed by atoms with Gasteiger partial charge < -0.3 is 4.74 Å². The fourth-order valence-electron chi connectivity index (χ4n) is 0.204. The first kappa shape index (κ1) is 18.6. The summed E-state index contributed by atoms with van der Waals surface area (Å²) in [6, 6.07) is 0. The normalized spacial score (nSPS) is 9.33. The fraction of sp³-hybridized carbons (Fsp3) is 1.00. The van der Waals surface area contributed by atoms with Crippen molar-refractivity contribution in [1.82, 2.24) is 0 Å². The Kier molecular flexibility index (Phi) is 18.4. The molecule has 0 aliphatic rings. The van der Waals surface area contributed by atoms with Gasteiger partial charge in [0.05, 0.1) is 5.75 Å². The van der Waals surface area contributed by atoms with Gasteiger partial charge in [0.1, 0.15) is 0 Å². The van der Waals surface area contributed by atoms with Crippen molar-refractivity contribution in [1.29, 1.82) is 0 Å². The van der Waals surface area contributed by atoms with Crippen LogP contribution in [0.4, 0.5) is 0 Å². The third-order valence-electron chi connectivity index (χ3n) is 0.773. The molecule has 4 nitrogen and oxygen atoms in total. The van der Waals surface area contributed by atoms with Crippen LogP contribution < -0.4 is 0 Å². The van der Waals surface area contributed by atoms with Crippen molar-refractivity contribution in [3.63, 3.8) is 0 Å². The maximum atomic E-state index is 9.56. The molecule has 0 spiro atoms. The van der Waals surface area contributed by atoms with Gasteiger partial charge in [-0.05, 0) is 20.8 Å². The standard InChI is InChI=1S/C4H10O.C2H6O3S.Na.H/c1-3-5-4-2;1-2-6(3,4)5;;/h3-4H2,1-2H3;2H2,1H3,(H,3,4,5);;. The van der Waals surface area contributed by atoms with Crippen molar-refractivity contribution in [3.05, 3.63) is 0 Å². The van der Waals surface area contributed by atoms with Crippen LogP contribution in [0.25, 0.3) is 0 Å². The second-order valence-corrected chi connectivity index (χ2v) is 3.39. The van der Waals surface area contributed by atoms with Crippen LogP contribution in [0.1, 0.15) is 20.8 Å². The molecule has 0 aliphatic carbocycles. The Balaban J connectivity index is -0.000000126. The summed E-state index contributed by atoms with van der Waals surface area (Å²) < 4.78 is 31.7. The second kappa shape index (κ2) is 11.9. The Morgan fingerprint density at radius 3 is 1.42 bits per heavy atom. The van der Waals surface area contributed by atoms with Crippen LogP contribution in [0, 0.1) is 0 Å². The van der Waals surface area contributed by atoms with E-state index in [1.54, 1.807) is 0 Å². The first-order valence-corrected chi connectivity index (χ1v) is 5.11. The van der Waals surface area contributed by atoms with E-state index in [1.807, 2.05) is 13.8 Å². The Hall–Kier alpha value is 0.870. The van der Waals surface area contributed by atoms with Gasteiger partial charge in [-0.3, -0.25) is 4.55 Å². The van der Waals surface area contributed by atoms with Crippen LogP contribution in [0.15, 0.2) is 0 Å². The molecule has 0 radical (unpaired) electrons. The average molecular weight is 208 g/mol. The topological polar surface area (TPSA) is 63.6 Å². The van der Waals surface area contributed by atoms with E-state index in [9.17, 15) is 8.42 Å². The van der Waals surface area contributed by atoms with Crippen LogP contribution in [0.3, 0.4) is 0 Å². The van der Waals surface area contributed by atoms with Gasteiger partial charge in [-0.25, -0.2) is 0 Å². The number of rotatable bonds is 3. The summed E-state index contributed by atoms with van der Waals surface area (Å²) in [6.07, 6.45) is 0. The first-order chi connectivity index (χ1) is 4.97. The summed E-state index contributed by atoms with van der Waals surface area (Å²) >= 11 is 0. The fourth-order valence-corrected chi connectivity index (χ4v) is 0.204. The molecule has 0 fully saturated rings. The van der Waals surface area contributed by atoms with Crippen LogP contribution in [0.5, 0.6) is 0 Å². The quantitative estimate of drug-likeness (QED) is 0.535. The predicted molar refractivity (Wildman–Crippen MR) is 51.4 cm³/mol. The summed E-state index contributed by atoms with van der Waals surface area (Å²) in [5, 5.41) is 0. The molecule has 6 heteroatoms. The number of hydrogen-bond donors (Lipinski definition) is 1. The van der Waals surface area contributed by atoms with Crippen molar-refractivity contribution < 1.29 is 17.7 Å². The molecule has 0 saturated heterocycles. The molecule has 1 N–H and O–H groups in total. The molecular weight excluding hydrogens is 191 g/mol. The minimum atomic E-state index is -3.66. The zero-order chi connectivity index (χ0) is 9.33. The van der Waals surface area contributed by atoms with Gasteiger partial charge in [0.2, 0.25) is 0 Å². The molecule has 0 rings (SSSR count). The summed E-state index contributed by atoms with van der Waals surface area (Å²) in [5.41, 5.74) is 0. The Labute approximate surface area is 96.7 Å². The molecule has 0 aromatic rings. The molecule has 72 valence electrons. The number of hydrogen-bond acceptors (Lipinski definition) is 3. The second-order valence-electron chi connectivity index (χ2n) is 1.65. The SMILES string of the molecule is CCOCC.CCS(=O)(=O)O.[NaH]. The van der Waals surface area contributed by atoms with Crippen LogP contribution in [-0.2, 0) is 14.9 Å². The third kappa shape index (κ3) is 30.7. The van der Waals surface area contributed by atoms with E-state index in [2.05, 4.69) is 0 Å². The average Bonchev–Trinajstić information content (AvgIpc) is 1.90. The van der Waals surface area contributed by atoms with E-state index in [1.165, 1.54) is 6.92 Å². The van der Waals surface area contributed by atoms with Gasteiger partial charge in [-0.1, -0.05) is 0 Å². The Bertz CT molecular complexity index is 153. The van der Waals surface area contributed by atoms with Crippen LogP contribution in [-0.4, -0.2) is 61.5 Å². The van der Waals surface area contributed by atoms with Gasteiger partial charge in [0.25, 0.3) is 10.1 Å². The van der Waals surface area contributed by atoms with E-state index in [0.717, 1.165) is 13.2 Å².